The number of rotatable bonds is 7. The smallest absolute Gasteiger partial charge is 0.212 e. The maximum atomic E-state index is 11.2. The van der Waals surface area contributed by atoms with Gasteiger partial charge in [-0.2, -0.15) is 0 Å². The Labute approximate surface area is 80.1 Å². The van der Waals surface area contributed by atoms with Gasteiger partial charge in [-0.1, -0.05) is 12.8 Å². The molecule has 13 heavy (non-hydrogen) atoms. The molecule has 1 fully saturated rings. The van der Waals surface area contributed by atoms with Crippen molar-refractivity contribution in [3.63, 3.8) is 0 Å². The molecule has 0 amide bonds. The van der Waals surface area contributed by atoms with E-state index in [0.29, 0.717) is 13.1 Å². The summed E-state index contributed by atoms with van der Waals surface area (Å²) in [5, 5.41) is 2.82. The highest BCUT2D eigenvalue weighted by Crippen LogP contribution is 2.31. The van der Waals surface area contributed by atoms with Gasteiger partial charge in [0.1, 0.15) is 0 Å². The van der Waals surface area contributed by atoms with Gasteiger partial charge in [0.15, 0.2) is 0 Å². The number of sulfonamides is 1. The Morgan fingerprint density at radius 3 is 2.54 bits per heavy atom. The second kappa shape index (κ2) is 4.93. The van der Waals surface area contributed by atoms with Crippen LogP contribution < -0.4 is 10.0 Å². The molecule has 1 aliphatic carbocycles. The summed E-state index contributed by atoms with van der Waals surface area (Å²) in [6.45, 7) is 1.12. The summed E-state index contributed by atoms with van der Waals surface area (Å²) < 4.78 is 25.1. The number of hydrogen-bond donors (Lipinski definition) is 2. The highest BCUT2D eigenvalue weighted by Gasteiger charge is 2.21. The molecule has 0 saturated heterocycles. The number of hydrogen-bond acceptors (Lipinski definition) is 3. The molecule has 0 spiro atoms. The van der Waals surface area contributed by atoms with Crippen LogP contribution in [0.4, 0.5) is 0 Å². The first-order valence-electron chi connectivity index (χ1n) is 4.76. The van der Waals surface area contributed by atoms with Crippen LogP contribution in [0.1, 0.15) is 19.3 Å². The molecule has 4 nitrogen and oxygen atoms in total. The second-order valence-electron chi connectivity index (χ2n) is 3.55. The zero-order valence-electron chi connectivity index (χ0n) is 8.04. The van der Waals surface area contributed by atoms with Crippen molar-refractivity contribution in [2.75, 3.05) is 25.9 Å². The molecule has 0 aromatic heterocycles. The van der Waals surface area contributed by atoms with E-state index in [1.807, 2.05) is 0 Å². The zero-order valence-corrected chi connectivity index (χ0v) is 8.86. The molecule has 0 bridgehead atoms. The van der Waals surface area contributed by atoms with Crippen molar-refractivity contribution in [2.24, 2.45) is 5.92 Å². The topological polar surface area (TPSA) is 58.2 Å². The SMILES string of the molecule is CNCCS(=O)(=O)NCCC1CC1. The van der Waals surface area contributed by atoms with Crippen molar-refractivity contribution in [3.05, 3.63) is 0 Å². The lowest BCUT2D eigenvalue weighted by molar-refractivity contribution is 0.573. The van der Waals surface area contributed by atoms with Gasteiger partial charge in [-0.05, 0) is 19.4 Å². The molecule has 1 saturated carbocycles. The molecular weight excluding hydrogens is 188 g/mol. The van der Waals surface area contributed by atoms with Crippen LogP contribution >= 0.6 is 0 Å². The third kappa shape index (κ3) is 5.23. The molecular formula is C8H18N2O2S. The molecule has 0 atom stereocenters. The normalized spacial score (nSPS) is 17.6. The summed E-state index contributed by atoms with van der Waals surface area (Å²) in [4.78, 5) is 0. The standard InChI is InChI=1S/C8H18N2O2S/c1-9-6-7-13(11,12)10-5-4-8-2-3-8/h8-10H,2-7H2,1H3. The van der Waals surface area contributed by atoms with Gasteiger partial charge >= 0.3 is 0 Å². The van der Waals surface area contributed by atoms with Gasteiger partial charge in [0.2, 0.25) is 10.0 Å². The van der Waals surface area contributed by atoms with E-state index in [-0.39, 0.29) is 5.75 Å². The van der Waals surface area contributed by atoms with Gasteiger partial charge < -0.3 is 5.32 Å². The monoisotopic (exact) mass is 206 g/mol. The van der Waals surface area contributed by atoms with E-state index in [0.717, 1.165) is 12.3 Å². The van der Waals surface area contributed by atoms with Crippen molar-refractivity contribution in [3.8, 4) is 0 Å². The Balaban J connectivity index is 2.09. The molecule has 1 aliphatic rings. The lowest BCUT2D eigenvalue weighted by atomic mass is 10.3. The fraction of sp³-hybridized carbons (Fsp3) is 1.00. The first-order valence-corrected chi connectivity index (χ1v) is 6.41. The van der Waals surface area contributed by atoms with E-state index in [1.54, 1.807) is 7.05 Å². The van der Waals surface area contributed by atoms with Gasteiger partial charge in [0, 0.05) is 13.1 Å². The van der Waals surface area contributed by atoms with Crippen LogP contribution in [-0.2, 0) is 10.0 Å². The minimum Gasteiger partial charge on any atom is -0.319 e. The Hall–Kier alpha value is -0.130. The van der Waals surface area contributed by atoms with E-state index < -0.39 is 10.0 Å². The average Bonchev–Trinajstić information content (AvgIpc) is 2.84. The van der Waals surface area contributed by atoms with Crippen molar-refractivity contribution < 1.29 is 8.42 Å². The summed E-state index contributed by atoms with van der Waals surface area (Å²) in [6.07, 6.45) is 3.55. The van der Waals surface area contributed by atoms with Crippen molar-refractivity contribution >= 4 is 10.0 Å². The molecule has 2 N–H and O–H groups in total. The van der Waals surface area contributed by atoms with Crippen LogP contribution in [0.15, 0.2) is 0 Å². The maximum absolute atomic E-state index is 11.2. The third-order valence-electron chi connectivity index (χ3n) is 2.19. The Morgan fingerprint density at radius 2 is 2.00 bits per heavy atom. The van der Waals surface area contributed by atoms with E-state index in [9.17, 15) is 8.42 Å². The summed E-state index contributed by atoms with van der Waals surface area (Å²) in [7, 11) is -1.27. The molecule has 0 aromatic carbocycles. The fourth-order valence-corrected chi connectivity index (χ4v) is 2.18. The molecule has 0 radical (unpaired) electrons. The molecule has 0 aliphatic heterocycles. The zero-order chi connectivity index (χ0) is 9.73. The summed E-state index contributed by atoms with van der Waals surface area (Å²) in [6, 6.07) is 0. The number of nitrogens with one attached hydrogen (secondary N) is 2. The van der Waals surface area contributed by atoms with Gasteiger partial charge in [0.05, 0.1) is 5.75 Å². The van der Waals surface area contributed by atoms with E-state index in [4.69, 9.17) is 0 Å². The van der Waals surface area contributed by atoms with E-state index >= 15 is 0 Å². The summed E-state index contributed by atoms with van der Waals surface area (Å²) >= 11 is 0. The maximum Gasteiger partial charge on any atom is 0.212 e. The van der Waals surface area contributed by atoms with Crippen molar-refractivity contribution in [2.45, 2.75) is 19.3 Å². The van der Waals surface area contributed by atoms with Gasteiger partial charge in [-0.25, -0.2) is 13.1 Å². The molecule has 1 rings (SSSR count). The molecule has 5 heteroatoms. The fourth-order valence-electron chi connectivity index (χ4n) is 1.13. The predicted octanol–water partition coefficient (Wildman–Crippen LogP) is -0.0747. The molecule has 0 aromatic rings. The third-order valence-corrected chi connectivity index (χ3v) is 3.58. The minimum atomic E-state index is -3.02. The van der Waals surface area contributed by atoms with Crippen LogP contribution in [0.2, 0.25) is 0 Å². The second-order valence-corrected chi connectivity index (χ2v) is 5.48. The van der Waals surface area contributed by atoms with Crippen molar-refractivity contribution in [1.82, 2.24) is 10.0 Å². The quantitative estimate of drug-likeness (QED) is 0.613. The van der Waals surface area contributed by atoms with Crippen LogP contribution in [0.3, 0.4) is 0 Å². The Bertz CT molecular complexity index is 235. The van der Waals surface area contributed by atoms with E-state index in [1.165, 1.54) is 12.8 Å². The minimum absolute atomic E-state index is 0.175. The van der Waals surface area contributed by atoms with Gasteiger partial charge in [-0.15, -0.1) is 0 Å². The highest BCUT2D eigenvalue weighted by atomic mass is 32.2. The van der Waals surface area contributed by atoms with Crippen LogP contribution in [-0.4, -0.2) is 34.3 Å². The summed E-state index contributed by atoms with van der Waals surface area (Å²) in [5.41, 5.74) is 0. The first-order chi connectivity index (χ1) is 6.14. The lowest BCUT2D eigenvalue weighted by Gasteiger charge is -2.05. The van der Waals surface area contributed by atoms with Gasteiger partial charge in [-0.3, -0.25) is 0 Å². The van der Waals surface area contributed by atoms with Crippen LogP contribution in [0.5, 0.6) is 0 Å². The predicted molar refractivity (Wildman–Crippen MR) is 53.1 cm³/mol. The molecule has 78 valence electrons. The lowest BCUT2D eigenvalue weighted by Crippen LogP contribution is -2.31. The Morgan fingerprint density at radius 1 is 1.31 bits per heavy atom. The molecule has 0 heterocycles. The Kier molecular flexibility index (Phi) is 4.15. The highest BCUT2D eigenvalue weighted by molar-refractivity contribution is 7.89. The van der Waals surface area contributed by atoms with Crippen molar-refractivity contribution in [1.29, 1.82) is 0 Å². The first kappa shape index (κ1) is 10.9. The average molecular weight is 206 g/mol. The van der Waals surface area contributed by atoms with E-state index in [2.05, 4.69) is 10.0 Å². The van der Waals surface area contributed by atoms with Crippen LogP contribution in [0.25, 0.3) is 0 Å². The summed E-state index contributed by atoms with van der Waals surface area (Å²) in [5.74, 6) is 0.959. The van der Waals surface area contributed by atoms with Gasteiger partial charge in [0.25, 0.3) is 0 Å². The van der Waals surface area contributed by atoms with Crippen LogP contribution in [0, 0.1) is 5.92 Å². The largest absolute Gasteiger partial charge is 0.319 e. The molecule has 0 unspecified atom stereocenters.